The van der Waals surface area contributed by atoms with Gasteiger partial charge in [0, 0.05) is 43.1 Å². The Balaban J connectivity index is 1.55. The van der Waals surface area contributed by atoms with Crippen LogP contribution in [0.2, 0.25) is 5.02 Å². The van der Waals surface area contributed by atoms with Crippen LogP contribution in [-0.4, -0.2) is 29.1 Å². The molecule has 3 rings (SSSR count). The molecule has 0 bridgehead atoms. The normalized spacial score (nSPS) is 18.7. The molecule has 0 saturated carbocycles. The minimum absolute atomic E-state index is 0.471. The lowest BCUT2D eigenvalue weighted by atomic mass is 10.1. The standard InChI is InChI=1S/C16H19ClN4/c17-14-6-4-13(5-7-14)11-20-15-3-1-10-21(12-15)16-18-8-2-9-19-16/h2,4-9,15,20H,1,3,10-12H2. The Morgan fingerprint density at radius 2 is 1.95 bits per heavy atom. The van der Waals surface area contributed by atoms with Crippen molar-refractivity contribution in [2.45, 2.75) is 25.4 Å². The number of nitrogens with zero attached hydrogens (tertiary/aromatic N) is 3. The van der Waals surface area contributed by atoms with Gasteiger partial charge in [0.25, 0.3) is 0 Å². The predicted octanol–water partition coefficient (Wildman–Crippen LogP) is 2.89. The highest BCUT2D eigenvalue weighted by molar-refractivity contribution is 6.30. The minimum Gasteiger partial charge on any atom is -0.339 e. The molecule has 110 valence electrons. The summed E-state index contributed by atoms with van der Waals surface area (Å²) in [6.45, 7) is 2.85. The Morgan fingerprint density at radius 1 is 1.19 bits per heavy atom. The Labute approximate surface area is 130 Å². The molecule has 1 aromatic carbocycles. The molecule has 1 unspecified atom stereocenters. The van der Waals surface area contributed by atoms with Crippen LogP contribution in [0.1, 0.15) is 18.4 Å². The lowest BCUT2D eigenvalue weighted by Gasteiger charge is -2.33. The fourth-order valence-corrected chi connectivity index (χ4v) is 2.77. The zero-order valence-corrected chi connectivity index (χ0v) is 12.6. The lowest BCUT2D eigenvalue weighted by molar-refractivity contribution is 0.418. The van der Waals surface area contributed by atoms with E-state index < -0.39 is 0 Å². The van der Waals surface area contributed by atoms with Crippen LogP contribution in [0.5, 0.6) is 0 Å². The van der Waals surface area contributed by atoms with Crippen LogP contribution >= 0.6 is 11.6 Å². The van der Waals surface area contributed by atoms with Crippen LogP contribution in [0.3, 0.4) is 0 Å². The van der Waals surface area contributed by atoms with E-state index in [0.717, 1.165) is 37.0 Å². The molecule has 1 aromatic heterocycles. The summed E-state index contributed by atoms with van der Waals surface area (Å²) in [5.74, 6) is 0.829. The number of nitrogens with one attached hydrogen (secondary N) is 1. The molecule has 1 aliphatic rings. The molecule has 1 saturated heterocycles. The number of hydrogen-bond acceptors (Lipinski definition) is 4. The van der Waals surface area contributed by atoms with Crippen LogP contribution in [0.4, 0.5) is 5.95 Å². The van der Waals surface area contributed by atoms with E-state index >= 15 is 0 Å². The van der Waals surface area contributed by atoms with Gasteiger partial charge in [0.1, 0.15) is 0 Å². The van der Waals surface area contributed by atoms with Gasteiger partial charge in [0.05, 0.1) is 0 Å². The molecule has 2 aromatic rings. The molecule has 2 heterocycles. The zero-order chi connectivity index (χ0) is 14.5. The van der Waals surface area contributed by atoms with E-state index in [9.17, 15) is 0 Å². The van der Waals surface area contributed by atoms with E-state index in [0.29, 0.717) is 6.04 Å². The third-order valence-electron chi connectivity index (χ3n) is 3.76. The molecule has 0 spiro atoms. The van der Waals surface area contributed by atoms with Gasteiger partial charge < -0.3 is 10.2 Å². The molecule has 1 aliphatic heterocycles. The van der Waals surface area contributed by atoms with E-state index in [1.165, 1.54) is 12.0 Å². The SMILES string of the molecule is Clc1ccc(CNC2CCCN(c3ncccn3)C2)cc1. The zero-order valence-electron chi connectivity index (χ0n) is 11.9. The monoisotopic (exact) mass is 302 g/mol. The molecule has 0 aliphatic carbocycles. The second-order valence-electron chi connectivity index (χ2n) is 5.34. The average molecular weight is 303 g/mol. The summed E-state index contributed by atoms with van der Waals surface area (Å²) in [7, 11) is 0. The molecule has 0 amide bonds. The van der Waals surface area contributed by atoms with E-state index in [4.69, 9.17) is 11.6 Å². The van der Waals surface area contributed by atoms with Crippen molar-refractivity contribution in [1.82, 2.24) is 15.3 Å². The van der Waals surface area contributed by atoms with Gasteiger partial charge in [-0.1, -0.05) is 23.7 Å². The van der Waals surface area contributed by atoms with Gasteiger partial charge >= 0.3 is 0 Å². The topological polar surface area (TPSA) is 41.0 Å². The number of hydrogen-bond donors (Lipinski definition) is 1. The highest BCUT2D eigenvalue weighted by atomic mass is 35.5. The van der Waals surface area contributed by atoms with Crippen molar-refractivity contribution in [1.29, 1.82) is 0 Å². The Morgan fingerprint density at radius 3 is 2.71 bits per heavy atom. The largest absolute Gasteiger partial charge is 0.339 e. The van der Waals surface area contributed by atoms with E-state index in [-0.39, 0.29) is 0 Å². The first-order valence-corrected chi connectivity index (χ1v) is 7.69. The van der Waals surface area contributed by atoms with Crippen molar-refractivity contribution >= 4 is 17.5 Å². The van der Waals surface area contributed by atoms with Gasteiger partial charge in [-0.05, 0) is 36.6 Å². The number of anilines is 1. The molecular weight excluding hydrogens is 284 g/mol. The van der Waals surface area contributed by atoms with Crippen LogP contribution in [0.25, 0.3) is 0 Å². The Bertz CT molecular complexity index is 558. The van der Waals surface area contributed by atoms with Crippen molar-refractivity contribution in [3.63, 3.8) is 0 Å². The third-order valence-corrected chi connectivity index (χ3v) is 4.02. The van der Waals surface area contributed by atoms with Gasteiger partial charge in [-0.3, -0.25) is 0 Å². The summed E-state index contributed by atoms with van der Waals surface area (Å²) in [5, 5.41) is 4.40. The van der Waals surface area contributed by atoms with Gasteiger partial charge in [-0.15, -0.1) is 0 Å². The second-order valence-corrected chi connectivity index (χ2v) is 5.78. The smallest absolute Gasteiger partial charge is 0.225 e. The number of rotatable bonds is 4. The highest BCUT2D eigenvalue weighted by Gasteiger charge is 2.20. The average Bonchev–Trinajstić information content (AvgIpc) is 2.55. The summed E-state index contributed by atoms with van der Waals surface area (Å²) >= 11 is 5.91. The summed E-state index contributed by atoms with van der Waals surface area (Å²) in [6.07, 6.45) is 5.95. The second kappa shape index (κ2) is 6.87. The number of piperidine rings is 1. The van der Waals surface area contributed by atoms with Gasteiger partial charge in [-0.2, -0.15) is 0 Å². The van der Waals surface area contributed by atoms with Gasteiger partial charge in [0.15, 0.2) is 0 Å². The summed E-state index contributed by atoms with van der Waals surface area (Å²) in [4.78, 5) is 10.9. The maximum Gasteiger partial charge on any atom is 0.225 e. The molecule has 5 heteroatoms. The minimum atomic E-state index is 0.471. The van der Waals surface area contributed by atoms with Crippen molar-refractivity contribution in [2.75, 3.05) is 18.0 Å². The first kappa shape index (κ1) is 14.3. The first-order valence-electron chi connectivity index (χ1n) is 7.31. The molecule has 1 fully saturated rings. The van der Waals surface area contributed by atoms with Crippen LogP contribution in [-0.2, 0) is 6.54 Å². The quantitative estimate of drug-likeness (QED) is 0.943. The Hall–Kier alpha value is -1.65. The van der Waals surface area contributed by atoms with Crippen molar-refractivity contribution in [3.05, 3.63) is 53.3 Å². The van der Waals surface area contributed by atoms with Crippen LogP contribution < -0.4 is 10.2 Å². The van der Waals surface area contributed by atoms with Gasteiger partial charge in [-0.25, -0.2) is 9.97 Å². The van der Waals surface area contributed by atoms with E-state index in [1.54, 1.807) is 12.4 Å². The van der Waals surface area contributed by atoms with Crippen molar-refractivity contribution in [2.24, 2.45) is 0 Å². The lowest BCUT2D eigenvalue weighted by Crippen LogP contribution is -2.46. The predicted molar refractivity (Wildman–Crippen MR) is 85.6 cm³/mol. The Kier molecular flexibility index (Phi) is 4.68. The first-order chi connectivity index (χ1) is 10.3. The van der Waals surface area contributed by atoms with Crippen LogP contribution in [0.15, 0.2) is 42.7 Å². The molecule has 0 radical (unpaired) electrons. The number of benzene rings is 1. The molecule has 1 atom stereocenters. The molecule has 4 nitrogen and oxygen atoms in total. The molecule has 1 N–H and O–H groups in total. The maximum absolute atomic E-state index is 5.91. The highest BCUT2D eigenvalue weighted by Crippen LogP contribution is 2.16. The fourth-order valence-electron chi connectivity index (χ4n) is 2.64. The van der Waals surface area contributed by atoms with Crippen molar-refractivity contribution < 1.29 is 0 Å². The van der Waals surface area contributed by atoms with E-state index in [1.807, 2.05) is 18.2 Å². The van der Waals surface area contributed by atoms with Crippen LogP contribution in [0, 0.1) is 0 Å². The summed E-state index contributed by atoms with van der Waals surface area (Å²) in [6, 6.07) is 10.3. The van der Waals surface area contributed by atoms with E-state index in [2.05, 4.69) is 32.3 Å². The molecule has 21 heavy (non-hydrogen) atoms. The maximum atomic E-state index is 5.91. The summed E-state index contributed by atoms with van der Waals surface area (Å²) < 4.78 is 0. The summed E-state index contributed by atoms with van der Waals surface area (Å²) in [5.41, 5.74) is 1.26. The molecular formula is C16H19ClN4. The number of aromatic nitrogens is 2. The van der Waals surface area contributed by atoms with Crippen molar-refractivity contribution in [3.8, 4) is 0 Å². The van der Waals surface area contributed by atoms with Gasteiger partial charge in [0.2, 0.25) is 5.95 Å². The fraction of sp³-hybridized carbons (Fsp3) is 0.375. The number of halogens is 1. The third kappa shape index (κ3) is 3.93.